The van der Waals surface area contributed by atoms with Crippen LogP contribution in [-0.2, 0) is 0 Å². The molecule has 4 rings (SSSR count). The molecule has 8 nitrogen and oxygen atoms in total. The number of hydrogen-bond acceptors (Lipinski definition) is 7. The molecule has 31 heavy (non-hydrogen) atoms. The second-order valence-corrected chi connectivity index (χ2v) is 7.93. The third-order valence-electron chi connectivity index (χ3n) is 4.60. The summed E-state index contributed by atoms with van der Waals surface area (Å²) in [5.41, 5.74) is -2.61. The zero-order valence-corrected chi connectivity index (χ0v) is 16.7. The zero-order valence-electron chi connectivity index (χ0n) is 15.9. The summed E-state index contributed by atoms with van der Waals surface area (Å²) in [6.45, 7) is 1.07. The third kappa shape index (κ3) is 5.14. The molecule has 1 aliphatic rings. The molecule has 0 aliphatic carbocycles. The molecular weight excluding hydrogens is 433 g/mol. The summed E-state index contributed by atoms with van der Waals surface area (Å²) in [6.07, 6.45) is 4.34. The Hall–Kier alpha value is -3.12. The Kier molecular flexibility index (Phi) is 5.83. The lowest BCUT2D eigenvalue weighted by atomic mass is 10.1. The summed E-state index contributed by atoms with van der Waals surface area (Å²) in [6, 6.07) is 5.93. The lowest BCUT2D eigenvalue weighted by Crippen LogP contribution is -2.23. The Morgan fingerprint density at radius 1 is 1.26 bits per heavy atom. The molecule has 1 unspecified atom stereocenters. The number of β-amino-alcohol motifs (C(OH)–C–C–N with tert-alkyl or cyclic N) is 1. The highest BCUT2D eigenvalue weighted by Gasteiger charge is 2.30. The summed E-state index contributed by atoms with van der Waals surface area (Å²) in [5, 5.41) is 19.0. The maximum Gasteiger partial charge on any atom is 0.447 e. The molecule has 0 radical (unpaired) electrons. The minimum atomic E-state index is -4.43. The number of alkyl halides is 3. The van der Waals surface area contributed by atoms with Gasteiger partial charge in [-0.3, -0.25) is 9.89 Å². The van der Waals surface area contributed by atoms with Crippen molar-refractivity contribution in [1.82, 2.24) is 20.2 Å². The number of anilines is 2. The van der Waals surface area contributed by atoms with Gasteiger partial charge < -0.3 is 15.3 Å². The molecule has 1 saturated heterocycles. The van der Waals surface area contributed by atoms with E-state index in [-0.39, 0.29) is 28.0 Å². The van der Waals surface area contributed by atoms with E-state index in [0.29, 0.717) is 36.6 Å². The Bertz CT molecular complexity index is 1060. The lowest BCUT2D eigenvalue weighted by molar-refractivity contribution is -0.0329. The van der Waals surface area contributed by atoms with Crippen molar-refractivity contribution in [2.75, 3.05) is 23.3 Å². The summed E-state index contributed by atoms with van der Waals surface area (Å²) < 4.78 is 37.2. The van der Waals surface area contributed by atoms with Gasteiger partial charge in [-0.25, -0.2) is 9.97 Å². The summed E-state index contributed by atoms with van der Waals surface area (Å²) in [5.74, 6) is 0.131. The van der Waals surface area contributed by atoms with Crippen LogP contribution >= 0.6 is 11.8 Å². The molecule has 1 atom stereocenters. The van der Waals surface area contributed by atoms with Crippen LogP contribution in [0.4, 0.5) is 24.7 Å². The van der Waals surface area contributed by atoms with Crippen LogP contribution in [0.2, 0.25) is 0 Å². The molecule has 1 fully saturated rings. The van der Waals surface area contributed by atoms with Crippen LogP contribution in [0.15, 0.2) is 47.9 Å². The minimum Gasteiger partial charge on any atom is -0.391 e. The number of thioether (sulfide) groups is 1. The van der Waals surface area contributed by atoms with Crippen LogP contribution in [0.25, 0.3) is 11.3 Å². The second-order valence-electron chi connectivity index (χ2n) is 6.84. The Morgan fingerprint density at radius 3 is 2.71 bits per heavy atom. The first-order chi connectivity index (χ1) is 14.8. The quantitative estimate of drug-likeness (QED) is 0.512. The first-order valence-corrected chi connectivity index (χ1v) is 10.1. The van der Waals surface area contributed by atoms with Gasteiger partial charge >= 0.3 is 5.51 Å². The van der Waals surface area contributed by atoms with E-state index < -0.39 is 17.5 Å². The van der Waals surface area contributed by atoms with Crippen molar-refractivity contribution >= 4 is 29.2 Å². The molecule has 4 heterocycles. The first-order valence-electron chi connectivity index (χ1n) is 9.24. The van der Waals surface area contributed by atoms with E-state index in [1.165, 1.54) is 18.3 Å². The number of aliphatic hydroxyl groups excluding tert-OH is 1. The van der Waals surface area contributed by atoms with Crippen molar-refractivity contribution in [3.8, 4) is 11.3 Å². The van der Waals surface area contributed by atoms with Gasteiger partial charge in [0.15, 0.2) is 0 Å². The number of hydrogen-bond donors (Lipinski definition) is 3. The molecule has 3 aromatic heterocycles. The van der Waals surface area contributed by atoms with Crippen LogP contribution < -0.4 is 10.2 Å². The summed E-state index contributed by atoms with van der Waals surface area (Å²) >= 11 is -0.327. The predicted octanol–water partition coefficient (Wildman–Crippen LogP) is 3.30. The van der Waals surface area contributed by atoms with Gasteiger partial charge in [0.25, 0.3) is 5.91 Å². The van der Waals surface area contributed by atoms with Gasteiger partial charge in [-0.2, -0.15) is 18.3 Å². The third-order valence-corrected chi connectivity index (χ3v) is 5.28. The van der Waals surface area contributed by atoms with E-state index in [9.17, 15) is 23.1 Å². The average molecular weight is 450 g/mol. The number of aromatic nitrogens is 4. The van der Waals surface area contributed by atoms with Gasteiger partial charge in [-0.1, -0.05) is 0 Å². The molecule has 12 heteroatoms. The summed E-state index contributed by atoms with van der Waals surface area (Å²) in [7, 11) is 0. The van der Waals surface area contributed by atoms with Crippen LogP contribution in [0.1, 0.15) is 16.8 Å². The topological polar surface area (TPSA) is 107 Å². The lowest BCUT2D eigenvalue weighted by Gasteiger charge is -2.20. The maximum atomic E-state index is 12.7. The minimum absolute atomic E-state index is 0.217. The van der Waals surface area contributed by atoms with Gasteiger partial charge in [-0.05, 0) is 30.7 Å². The molecule has 3 aromatic rings. The second kappa shape index (κ2) is 8.55. The van der Waals surface area contributed by atoms with Crippen molar-refractivity contribution in [3.63, 3.8) is 0 Å². The SMILES string of the molecule is O=C(Nc1ccc(SC(F)(F)F)nc1)c1cnc(N2CCC(O)C2)c(-c2ccn[nH]2)c1. The number of carbonyl (C=O) groups is 1. The number of pyridine rings is 2. The highest BCUT2D eigenvalue weighted by atomic mass is 32.2. The Labute approximate surface area is 178 Å². The number of H-pyrrole nitrogens is 1. The smallest absolute Gasteiger partial charge is 0.391 e. The molecule has 162 valence electrons. The van der Waals surface area contributed by atoms with Gasteiger partial charge in [0.1, 0.15) is 10.8 Å². The first kappa shape index (κ1) is 21.1. The molecule has 0 aromatic carbocycles. The van der Waals surface area contributed by atoms with Gasteiger partial charge in [0, 0.05) is 42.8 Å². The van der Waals surface area contributed by atoms with E-state index >= 15 is 0 Å². The van der Waals surface area contributed by atoms with E-state index in [1.54, 1.807) is 18.3 Å². The van der Waals surface area contributed by atoms with Crippen molar-refractivity contribution < 1.29 is 23.1 Å². The number of nitrogens with zero attached hydrogens (tertiary/aromatic N) is 4. The number of rotatable bonds is 5. The fourth-order valence-corrected chi connectivity index (χ4v) is 3.69. The predicted molar refractivity (Wildman–Crippen MR) is 109 cm³/mol. The molecular formula is C19H17F3N6O2S. The van der Waals surface area contributed by atoms with Crippen LogP contribution in [-0.4, -0.2) is 55.9 Å². The number of amides is 1. The van der Waals surface area contributed by atoms with Crippen molar-refractivity contribution in [2.24, 2.45) is 0 Å². The van der Waals surface area contributed by atoms with Gasteiger partial charge in [0.2, 0.25) is 0 Å². The molecule has 3 N–H and O–H groups in total. The van der Waals surface area contributed by atoms with Crippen molar-refractivity contribution in [3.05, 3.63) is 48.4 Å². The van der Waals surface area contributed by atoms with E-state index in [0.717, 1.165) is 6.20 Å². The molecule has 0 spiro atoms. The number of carbonyl (C=O) groups excluding carboxylic acids is 1. The van der Waals surface area contributed by atoms with Gasteiger partial charge in [0.05, 0.1) is 29.2 Å². The Balaban J connectivity index is 1.55. The highest BCUT2D eigenvalue weighted by Crippen LogP contribution is 2.36. The highest BCUT2D eigenvalue weighted by molar-refractivity contribution is 8.00. The van der Waals surface area contributed by atoms with E-state index in [4.69, 9.17) is 0 Å². The van der Waals surface area contributed by atoms with Crippen LogP contribution in [0.5, 0.6) is 0 Å². The molecule has 0 bridgehead atoms. The van der Waals surface area contributed by atoms with E-state index in [1.807, 2.05) is 4.90 Å². The average Bonchev–Trinajstić information content (AvgIpc) is 3.40. The van der Waals surface area contributed by atoms with Crippen LogP contribution in [0, 0.1) is 0 Å². The standard InChI is InChI=1S/C19H17F3N6O2S/c20-19(21,22)31-16-2-1-12(9-23-16)26-18(30)11-7-14(15-3-5-25-27-15)17(24-8-11)28-6-4-13(29)10-28/h1-3,5,7-9,13,29H,4,6,10H2,(H,25,27)(H,26,30). The van der Waals surface area contributed by atoms with Crippen molar-refractivity contribution in [1.29, 1.82) is 0 Å². The number of nitrogens with one attached hydrogen (secondary N) is 2. The summed E-state index contributed by atoms with van der Waals surface area (Å²) in [4.78, 5) is 22.8. The number of aliphatic hydroxyl groups is 1. The number of aromatic amines is 1. The Morgan fingerprint density at radius 2 is 2.10 bits per heavy atom. The molecule has 1 amide bonds. The molecule has 1 aliphatic heterocycles. The number of halogens is 3. The van der Waals surface area contributed by atoms with E-state index in [2.05, 4.69) is 25.5 Å². The zero-order chi connectivity index (χ0) is 22.0. The largest absolute Gasteiger partial charge is 0.447 e. The van der Waals surface area contributed by atoms with Crippen LogP contribution in [0.3, 0.4) is 0 Å². The fourth-order valence-electron chi connectivity index (χ4n) is 3.21. The molecule has 0 saturated carbocycles. The maximum absolute atomic E-state index is 12.7. The fraction of sp³-hybridized carbons (Fsp3) is 0.263. The van der Waals surface area contributed by atoms with Crippen molar-refractivity contribution in [2.45, 2.75) is 23.1 Å². The van der Waals surface area contributed by atoms with Gasteiger partial charge in [-0.15, -0.1) is 0 Å². The monoisotopic (exact) mass is 450 g/mol. The normalized spacial score (nSPS) is 16.5.